The van der Waals surface area contributed by atoms with Crippen LogP contribution in [0.25, 0.3) is 10.8 Å². The fraction of sp³-hybridized carbons (Fsp3) is 0. The molecular formula is C12H6O2S. The van der Waals surface area contributed by atoms with Crippen molar-refractivity contribution in [2.75, 3.05) is 0 Å². The van der Waals surface area contributed by atoms with E-state index >= 15 is 0 Å². The lowest BCUT2D eigenvalue weighted by Crippen LogP contribution is -2.18. The van der Waals surface area contributed by atoms with Crippen molar-refractivity contribution < 1.29 is 9.53 Å². The van der Waals surface area contributed by atoms with E-state index in [0.29, 0.717) is 5.56 Å². The SMILES string of the molecule is O=C1OC(=S)c2cccc3cccc1c23. The fourth-order valence-electron chi connectivity index (χ4n) is 1.88. The van der Waals surface area contributed by atoms with Gasteiger partial charge in [-0.2, -0.15) is 0 Å². The van der Waals surface area contributed by atoms with Gasteiger partial charge in [0.25, 0.3) is 0 Å². The van der Waals surface area contributed by atoms with Gasteiger partial charge in [0, 0.05) is 10.9 Å². The highest BCUT2D eigenvalue weighted by atomic mass is 32.1. The van der Waals surface area contributed by atoms with Crippen molar-refractivity contribution in [2.24, 2.45) is 0 Å². The number of benzene rings is 2. The van der Waals surface area contributed by atoms with Crippen molar-refractivity contribution >= 4 is 34.0 Å². The second-order valence-electron chi connectivity index (χ2n) is 3.39. The Morgan fingerprint density at radius 1 is 1.00 bits per heavy atom. The molecule has 0 aromatic heterocycles. The van der Waals surface area contributed by atoms with E-state index in [-0.39, 0.29) is 11.0 Å². The molecule has 0 N–H and O–H groups in total. The first-order valence-electron chi connectivity index (χ1n) is 4.55. The van der Waals surface area contributed by atoms with Crippen LogP contribution in [-0.2, 0) is 4.74 Å². The number of hydrogen-bond acceptors (Lipinski definition) is 3. The minimum absolute atomic E-state index is 0.268. The molecule has 0 aliphatic carbocycles. The van der Waals surface area contributed by atoms with Crippen LogP contribution < -0.4 is 0 Å². The quantitative estimate of drug-likeness (QED) is 0.498. The largest absolute Gasteiger partial charge is 0.410 e. The second kappa shape index (κ2) is 2.87. The molecule has 0 spiro atoms. The van der Waals surface area contributed by atoms with E-state index in [1.54, 1.807) is 6.07 Å². The summed E-state index contributed by atoms with van der Waals surface area (Å²) in [6, 6.07) is 11.3. The zero-order valence-corrected chi connectivity index (χ0v) is 8.51. The number of carbonyl (C=O) groups excluding carboxylic acids is 1. The lowest BCUT2D eigenvalue weighted by atomic mass is 9.98. The third kappa shape index (κ3) is 1.10. The molecule has 0 unspecified atom stereocenters. The van der Waals surface area contributed by atoms with Gasteiger partial charge in [0.1, 0.15) is 0 Å². The Morgan fingerprint density at radius 3 is 2.40 bits per heavy atom. The highest BCUT2D eigenvalue weighted by molar-refractivity contribution is 7.80. The van der Waals surface area contributed by atoms with E-state index in [1.807, 2.05) is 30.3 Å². The van der Waals surface area contributed by atoms with Crippen LogP contribution in [0.5, 0.6) is 0 Å². The highest BCUT2D eigenvalue weighted by Crippen LogP contribution is 2.28. The van der Waals surface area contributed by atoms with Gasteiger partial charge in [0.2, 0.25) is 5.05 Å². The molecule has 15 heavy (non-hydrogen) atoms. The Kier molecular flexibility index (Phi) is 1.64. The summed E-state index contributed by atoms with van der Waals surface area (Å²) in [5.74, 6) is -0.357. The van der Waals surface area contributed by atoms with Gasteiger partial charge in [-0.1, -0.05) is 24.3 Å². The average molecular weight is 214 g/mol. The molecule has 3 rings (SSSR count). The minimum Gasteiger partial charge on any atom is -0.410 e. The Bertz CT molecular complexity index is 553. The summed E-state index contributed by atoms with van der Waals surface area (Å²) in [7, 11) is 0. The van der Waals surface area contributed by atoms with Crippen LogP contribution in [0, 0.1) is 0 Å². The first-order chi connectivity index (χ1) is 7.27. The van der Waals surface area contributed by atoms with Crippen LogP contribution in [0.2, 0.25) is 0 Å². The molecule has 2 nitrogen and oxygen atoms in total. The summed E-state index contributed by atoms with van der Waals surface area (Å²) in [4.78, 5) is 11.6. The molecule has 1 heterocycles. The van der Waals surface area contributed by atoms with Crippen LogP contribution in [0.1, 0.15) is 15.9 Å². The maximum Gasteiger partial charge on any atom is 0.345 e. The number of esters is 1. The normalized spacial score (nSPS) is 14.1. The van der Waals surface area contributed by atoms with E-state index in [2.05, 4.69) is 0 Å². The zero-order valence-electron chi connectivity index (χ0n) is 7.69. The van der Waals surface area contributed by atoms with Gasteiger partial charge >= 0.3 is 5.97 Å². The molecule has 0 saturated carbocycles. The predicted molar refractivity (Wildman–Crippen MR) is 61.1 cm³/mol. The number of cyclic esters (lactones) is 1. The summed E-state index contributed by atoms with van der Waals surface area (Å²) in [6.45, 7) is 0. The summed E-state index contributed by atoms with van der Waals surface area (Å²) in [5.41, 5.74) is 1.43. The number of hydrogen-bond donors (Lipinski definition) is 0. The molecule has 72 valence electrons. The molecule has 3 heteroatoms. The van der Waals surface area contributed by atoms with Gasteiger partial charge in [-0.15, -0.1) is 0 Å². The van der Waals surface area contributed by atoms with Crippen molar-refractivity contribution in [2.45, 2.75) is 0 Å². The van der Waals surface area contributed by atoms with Crippen LogP contribution in [0.3, 0.4) is 0 Å². The lowest BCUT2D eigenvalue weighted by Gasteiger charge is -2.16. The Labute approximate surface area is 91.5 Å². The first-order valence-corrected chi connectivity index (χ1v) is 4.96. The molecule has 0 fully saturated rings. The van der Waals surface area contributed by atoms with Gasteiger partial charge in [-0.25, -0.2) is 4.79 Å². The van der Waals surface area contributed by atoms with Gasteiger partial charge < -0.3 is 4.74 Å². The standard InChI is InChI=1S/C12H6O2S/c13-11-8-5-1-3-7-4-2-6-9(10(7)8)12(15)14-11/h1-6H. The van der Waals surface area contributed by atoms with Gasteiger partial charge in [-0.3, -0.25) is 0 Å². The minimum atomic E-state index is -0.357. The summed E-state index contributed by atoms with van der Waals surface area (Å²) >= 11 is 5.03. The van der Waals surface area contributed by atoms with Crippen LogP contribution in [-0.4, -0.2) is 11.0 Å². The van der Waals surface area contributed by atoms with Gasteiger partial charge in [0.05, 0.1) is 5.56 Å². The van der Waals surface area contributed by atoms with Crippen LogP contribution >= 0.6 is 12.2 Å². The molecule has 0 radical (unpaired) electrons. The van der Waals surface area contributed by atoms with E-state index < -0.39 is 0 Å². The fourth-order valence-corrected chi connectivity index (χ4v) is 2.12. The Balaban J connectivity index is 2.56. The topological polar surface area (TPSA) is 26.3 Å². The zero-order chi connectivity index (χ0) is 10.4. The molecule has 0 bridgehead atoms. The molecule has 2 aromatic carbocycles. The van der Waals surface area contributed by atoms with Crippen molar-refractivity contribution in [3.63, 3.8) is 0 Å². The van der Waals surface area contributed by atoms with Crippen LogP contribution in [0.15, 0.2) is 36.4 Å². The van der Waals surface area contributed by atoms with Crippen molar-refractivity contribution in [1.82, 2.24) is 0 Å². The highest BCUT2D eigenvalue weighted by Gasteiger charge is 2.23. The van der Waals surface area contributed by atoms with Gasteiger partial charge in [-0.05, 0) is 29.7 Å². The van der Waals surface area contributed by atoms with Crippen molar-refractivity contribution in [3.05, 3.63) is 47.5 Å². The number of ether oxygens (including phenoxy) is 1. The lowest BCUT2D eigenvalue weighted by molar-refractivity contribution is 0.0722. The summed E-state index contributed by atoms with van der Waals surface area (Å²) in [6.07, 6.45) is 0. The van der Waals surface area contributed by atoms with Gasteiger partial charge in [0.15, 0.2) is 0 Å². The maximum absolute atomic E-state index is 11.6. The molecule has 2 aromatic rings. The summed E-state index contributed by atoms with van der Waals surface area (Å²) in [5, 5.41) is 2.19. The van der Waals surface area contributed by atoms with E-state index in [4.69, 9.17) is 17.0 Å². The Morgan fingerprint density at radius 2 is 1.67 bits per heavy atom. The van der Waals surface area contributed by atoms with Crippen LogP contribution in [0.4, 0.5) is 0 Å². The van der Waals surface area contributed by atoms with Crippen molar-refractivity contribution in [3.8, 4) is 0 Å². The molecule has 1 aliphatic heterocycles. The first kappa shape index (κ1) is 8.56. The third-order valence-electron chi connectivity index (χ3n) is 2.53. The Hall–Kier alpha value is -1.74. The number of rotatable bonds is 0. The molecular weight excluding hydrogens is 208 g/mol. The monoisotopic (exact) mass is 214 g/mol. The van der Waals surface area contributed by atoms with Crippen molar-refractivity contribution in [1.29, 1.82) is 0 Å². The molecule has 0 atom stereocenters. The predicted octanol–water partition coefficient (Wildman–Crippen LogP) is 2.69. The van der Waals surface area contributed by atoms with E-state index in [0.717, 1.165) is 16.3 Å². The summed E-state index contributed by atoms with van der Waals surface area (Å²) < 4.78 is 5.00. The maximum atomic E-state index is 11.6. The van der Waals surface area contributed by atoms with E-state index in [9.17, 15) is 4.79 Å². The number of thiocarbonyl (C=S) groups is 1. The second-order valence-corrected chi connectivity index (χ2v) is 3.76. The van der Waals surface area contributed by atoms with E-state index in [1.165, 1.54) is 0 Å². The average Bonchev–Trinajstić information content (AvgIpc) is 2.25. The third-order valence-corrected chi connectivity index (χ3v) is 2.83. The molecule has 0 saturated heterocycles. The number of carbonyl (C=O) groups is 1. The molecule has 1 aliphatic rings. The smallest absolute Gasteiger partial charge is 0.345 e. The molecule has 0 amide bonds.